The second-order valence-corrected chi connectivity index (χ2v) is 4.15. The third-order valence-corrected chi connectivity index (χ3v) is 2.97. The van der Waals surface area contributed by atoms with Crippen LogP contribution >= 0.6 is 0 Å². The molecule has 0 atom stereocenters. The molecule has 4 N–H and O–H groups in total. The van der Waals surface area contributed by atoms with Crippen LogP contribution in [0.15, 0.2) is 6.20 Å². The molecule has 1 fully saturated rings. The zero-order valence-corrected chi connectivity index (χ0v) is 8.98. The summed E-state index contributed by atoms with van der Waals surface area (Å²) in [6, 6.07) is 0. The van der Waals surface area contributed by atoms with Crippen LogP contribution < -0.4 is 11.5 Å². The first-order chi connectivity index (χ1) is 7.16. The largest absolute Gasteiger partial charge is 0.396 e. The van der Waals surface area contributed by atoms with Gasteiger partial charge in [0.2, 0.25) is 5.95 Å². The summed E-state index contributed by atoms with van der Waals surface area (Å²) in [7, 11) is 2.13. The molecule has 82 valence electrons. The van der Waals surface area contributed by atoms with Gasteiger partial charge in [-0.2, -0.15) is 0 Å². The number of hydrogen-bond acceptors (Lipinski definition) is 5. The van der Waals surface area contributed by atoms with Crippen molar-refractivity contribution in [2.45, 2.75) is 18.8 Å². The molecule has 0 bridgehead atoms. The molecule has 1 saturated heterocycles. The maximum atomic E-state index is 5.86. The molecular formula is C10H17N5. The highest BCUT2D eigenvalue weighted by Gasteiger charge is 2.21. The van der Waals surface area contributed by atoms with Crippen LogP contribution in [0.4, 0.5) is 11.6 Å². The van der Waals surface area contributed by atoms with Gasteiger partial charge in [-0.1, -0.05) is 0 Å². The summed E-state index contributed by atoms with van der Waals surface area (Å²) in [5.74, 6) is 0.754. The van der Waals surface area contributed by atoms with E-state index in [1.54, 1.807) is 6.20 Å². The van der Waals surface area contributed by atoms with E-state index in [4.69, 9.17) is 11.5 Å². The number of nitrogens with zero attached hydrogens (tertiary/aromatic N) is 3. The number of nitrogens with two attached hydrogens (primary N) is 2. The summed E-state index contributed by atoms with van der Waals surface area (Å²) < 4.78 is 0. The van der Waals surface area contributed by atoms with Gasteiger partial charge in [0.1, 0.15) is 0 Å². The first kappa shape index (κ1) is 10.2. The Balaban J connectivity index is 2.18. The molecule has 0 aliphatic carbocycles. The molecule has 1 aliphatic heterocycles. The van der Waals surface area contributed by atoms with Gasteiger partial charge in [-0.25, -0.2) is 9.97 Å². The van der Waals surface area contributed by atoms with Gasteiger partial charge in [0.25, 0.3) is 0 Å². The van der Waals surface area contributed by atoms with Crippen molar-refractivity contribution >= 4 is 11.6 Å². The Kier molecular flexibility index (Phi) is 2.73. The molecule has 0 spiro atoms. The van der Waals surface area contributed by atoms with Crippen molar-refractivity contribution in [1.82, 2.24) is 14.9 Å². The minimum absolute atomic E-state index is 0.318. The van der Waals surface area contributed by atoms with Crippen LogP contribution in [0.2, 0.25) is 0 Å². The second-order valence-electron chi connectivity index (χ2n) is 4.15. The van der Waals surface area contributed by atoms with Gasteiger partial charge >= 0.3 is 0 Å². The fourth-order valence-electron chi connectivity index (χ4n) is 2.03. The van der Waals surface area contributed by atoms with E-state index < -0.39 is 0 Å². The molecule has 2 heterocycles. The Morgan fingerprint density at radius 3 is 2.67 bits per heavy atom. The lowest BCUT2D eigenvalue weighted by atomic mass is 9.93. The molecular weight excluding hydrogens is 190 g/mol. The van der Waals surface area contributed by atoms with Crippen LogP contribution in [-0.4, -0.2) is 35.0 Å². The standard InChI is InChI=1S/C10H17N5/c1-15-4-2-7(3-5-15)9-8(11)6-13-10(12)14-9/h6-7H,2-5,11H2,1H3,(H2,12,13,14). The van der Waals surface area contributed by atoms with Crippen molar-refractivity contribution < 1.29 is 0 Å². The molecule has 1 aromatic heterocycles. The van der Waals surface area contributed by atoms with Gasteiger partial charge < -0.3 is 16.4 Å². The summed E-state index contributed by atoms with van der Waals surface area (Å²) in [5, 5.41) is 0. The summed E-state index contributed by atoms with van der Waals surface area (Å²) in [6.07, 6.45) is 3.80. The van der Waals surface area contributed by atoms with E-state index in [0.29, 0.717) is 17.6 Å². The molecule has 5 nitrogen and oxygen atoms in total. The van der Waals surface area contributed by atoms with Gasteiger partial charge in [-0.3, -0.25) is 0 Å². The summed E-state index contributed by atoms with van der Waals surface area (Å²) in [6.45, 7) is 2.18. The molecule has 0 unspecified atom stereocenters. The number of nitrogen functional groups attached to an aromatic ring is 2. The van der Waals surface area contributed by atoms with Crippen LogP contribution in [-0.2, 0) is 0 Å². The van der Waals surface area contributed by atoms with Gasteiger partial charge in [0.15, 0.2) is 0 Å². The van der Waals surface area contributed by atoms with Crippen LogP contribution in [0.5, 0.6) is 0 Å². The predicted octanol–water partition coefficient (Wildman–Crippen LogP) is 0.450. The summed E-state index contributed by atoms with van der Waals surface area (Å²) in [4.78, 5) is 10.4. The van der Waals surface area contributed by atoms with E-state index in [0.717, 1.165) is 31.6 Å². The first-order valence-electron chi connectivity index (χ1n) is 5.23. The SMILES string of the molecule is CN1CCC(c2nc(N)ncc2N)CC1. The minimum atomic E-state index is 0.318. The highest BCUT2D eigenvalue weighted by Crippen LogP contribution is 2.29. The zero-order valence-electron chi connectivity index (χ0n) is 8.98. The topological polar surface area (TPSA) is 81.1 Å². The lowest BCUT2D eigenvalue weighted by Gasteiger charge is -2.29. The number of aromatic nitrogens is 2. The fraction of sp³-hybridized carbons (Fsp3) is 0.600. The Bertz CT molecular complexity index is 344. The maximum Gasteiger partial charge on any atom is 0.220 e. The van der Waals surface area contributed by atoms with Gasteiger partial charge in [0, 0.05) is 5.92 Å². The van der Waals surface area contributed by atoms with E-state index in [-0.39, 0.29) is 0 Å². The zero-order chi connectivity index (χ0) is 10.8. The lowest BCUT2D eigenvalue weighted by molar-refractivity contribution is 0.253. The first-order valence-corrected chi connectivity index (χ1v) is 5.23. The normalized spacial score (nSPS) is 19.3. The Morgan fingerprint density at radius 2 is 2.00 bits per heavy atom. The summed E-state index contributed by atoms with van der Waals surface area (Å²) >= 11 is 0. The van der Waals surface area contributed by atoms with Crippen molar-refractivity contribution in [1.29, 1.82) is 0 Å². The van der Waals surface area contributed by atoms with Gasteiger partial charge in [0.05, 0.1) is 17.6 Å². The van der Waals surface area contributed by atoms with E-state index >= 15 is 0 Å². The Labute approximate surface area is 89.5 Å². The third-order valence-electron chi connectivity index (χ3n) is 2.97. The minimum Gasteiger partial charge on any atom is -0.396 e. The van der Waals surface area contributed by atoms with Crippen molar-refractivity contribution in [2.75, 3.05) is 31.6 Å². The average Bonchev–Trinajstić information content (AvgIpc) is 2.23. The molecule has 15 heavy (non-hydrogen) atoms. The van der Waals surface area contributed by atoms with Crippen LogP contribution in [0, 0.1) is 0 Å². The van der Waals surface area contributed by atoms with Crippen molar-refractivity contribution in [2.24, 2.45) is 0 Å². The van der Waals surface area contributed by atoms with Gasteiger partial charge in [-0.15, -0.1) is 0 Å². The number of rotatable bonds is 1. The van der Waals surface area contributed by atoms with E-state index in [1.807, 2.05) is 0 Å². The highest BCUT2D eigenvalue weighted by molar-refractivity contribution is 5.45. The monoisotopic (exact) mass is 207 g/mol. The molecule has 1 aromatic rings. The fourth-order valence-corrected chi connectivity index (χ4v) is 2.03. The van der Waals surface area contributed by atoms with Crippen LogP contribution in [0.3, 0.4) is 0 Å². The van der Waals surface area contributed by atoms with Crippen LogP contribution in [0.1, 0.15) is 24.5 Å². The van der Waals surface area contributed by atoms with E-state index in [9.17, 15) is 0 Å². The van der Waals surface area contributed by atoms with E-state index in [1.165, 1.54) is 0 Å². The number of piperidine rings is 1. The lowest BCUT2D eigenvalue weighted by Crippen LogP contribution is -2.30. The predicted molar refractivity (Wildman–Crippen MR) is 60.3 cm³/mol. The number of anilines is 2. The smallest absolute Gasteiger partial charge is 0.220 e. The molecule has 0 radical (unpaired) electrons. The quantitative estimate of drug-likeness (QED) is 0.698. The average molecular weight is 207 g/mol. The molecule has 0 aromatic carbocycles. The summed E-state index contributed by atoms with van der Waals surface area (Å²) in [5.41, 5.74) is 13.0. The highest BCUT2D eigenvalue weighted by atomic mass is 15.1. The maximum absolute atomic E-state index is 5.86. The van der Waals surface area contributed by atoms with Crippen molar-refractivity contribution in [3.05, 3.63) is 11.9 Å². The Morgan fingerprint density at radius 1 is 1.33 bits per heavy atom. The molecule has 1 aliphatic rings. The van der Waals surface area contributed by atoms with Crippen LogP contribution in [0.25, 0.3) is 0 Å². The Hall–Kier alpha value is -1.36. The molecule has 5 heteroatoms. The van der Waals surface area contributed by atoms with Gasteiger partial charge in [-0.05, 0) is 33.0 Å². The van der Waals surface area contributed by atoms with Crippen molar-refractivity contribution in [3.63, 3.8) is 0 Å². The van der Waals surface area contributed by atoms with E-state index in [2.05, 4.69) is 21.9 Å². The molecule has 0 amide bonds. The third kappa shape index (κ3) is 2.18. The second kappa shape index (κ2) is 4.02. The number of hydrogen-bond donors (Lipinski definition) is 2. The van der Waals surface area contributed by atoms with Crippen molar-refractivity contribution in [3.8, 4) is 0 Å². The molecule has 0 saturated carbocycles. The molecule has 2 rings (SSSR count). The number of likely N-dealkylation sites (tertiary alicyclic amines) is 1.